The number of aryl methyl sites for hydroxylation is 1. The second-order valence-electron chi connectivity index (χ2n) is 10.4. The molecule has 10 nitrogen and oxygen atoms in total. The van der Waals surface area contributed by atoms with Crippen molar-refractivity contribution >= 4 is 17.6 Å². The lowest BCUT2D eigenvalue weighted by atomic mass is 9.84. The smallest absolute Gasteiger partial charge is 0.308 e. The van der Waals surface area contributed by atoms with Gasteiger partial charge in [-0.05, 0) is 54.3 Å². The molecule has 0 spiro atoms. The molecule has 10 heteroatoms. The molecule has 3 aromatic rings. The van der Waals surface area contributed by atoms with Crippen molar-refractivity contribution in [3.05, 3.63) is 72.1 Å². The van der Waals surface area contributed by atoms with E-state index in [1.807, 2.05) is 64.5 Å². The average Bonchev–Trinajstić information content (AvgIpc) is 3.72. The highest BCUT2D eigenvalue weighted by atomic mass is 16.7. The van der Waals surface area contributed by atoms with E-state index in [-0.39, 0.29) is 31.2 Å². The number of aliphatic carboxylic acids is 1. The van der Waals surface area contributed by atoms with Gasteiger partial charge in [0.2, 0.25) is 12.7 Å². The van der Waals surface area contributed by atoms with Crippen LogP contribution in [0.25, 0.3) is 0 Å². The zero-order valence-corrected chi connectivity index (χ0v) is 22.8. The summed E-state index contributed by atoms with van der Waals surface area (Å²) in [7, 11) is 0. The number of carbonyl (C=O) groups is 2. The van der Waals surface area contributed by atoms with Gasteiger partial charge in [0, 0.05) is 56.2 Å². The zero-order chi connectivity index (χ0) is 28.1. The van der Waals surface area contributed by atoms with Crippen molar-refractivity contribution in [2.45, 2.75) is 51.2 Å². The van der Waals surface area contributed by atoms with Crippen molar-refractivity contribution in [1.82, 2.24) is 14.7 Å². The number of ether oxygens (including phenoxy) is 2. The molecule has 40 heavy (non-hydrogen) atoms. The molecule has 2 aliphatic heterocycles. The first-order valence-corrected chi connectivity index (χ1v) is 13.9. The first-order valence-electron chi connectivity index (χ1n) is 13.9. The Balaban J connectivity index is 1.43. The fourth-order valence-electron chi connectivity index (χ4n) is 5.86. The van der Waals surface area contributed by atoms with Crippen molar-refractivity contribution in [3.63, 3.8) is 0 Å². The summed E-state index contributed by atoms with van der Waals surface area (Å²) in [6.07, 6.45) is 5.93. The van der Waals surface area contributed by atoms with Gasteiger partial charge in [-0.3, -0.25) is 19.2 Å². The molecule has 1 aromatic heterocycles. The standard InChI is InChI=1S/C30H37N5O5/c1-2-3-13-35(23-7-4-6-21(15-23)17-31)28(36)19-33-18-24(22-8-9-26-27(16-22)40-20-39-26)29(30(37)38)25(33)10-14-34-12-5-11-32-34/h4-9,11-12,15-16,24-25,29H,2-3,10,13-14,17-20,31H2,1H3,(H,37,38)/t24-,25+,29?/m1/s1. The number of benzene rings is 2. The summed E-state index contributed by atoms with van der Waals surface area (Å²) >= 11 is 0. The summed E-state index contributed by atoms with van der Waals surface area (Å²) < 4.78 is 12.9. The summed E-state index contributed by atoms with van der Waals surface area (Å²) in [5.74, 6) is -0.666. The van der Waals surface area contributed by atoms with Crippen LogP contribution in [-0.2, 0) is 22.7 Å². The summed E-state index contributed by atoms with van der Waals surface area (Å²) in [6.45, 7) is 4.34. The van der Waals surface area contributed by atoms with Crippen LogP contribution in [0.15, 0.2) is 60.9 Å². The molecule has 2 aromatic carbocycles. The normalized spacial score (nSPS) is 20.1. The quantitative estimate of drug-likeness (QED) is 0.353. The van der Waals surface area contributed by atoms with Crippen molar-refractivity contribution in [2.24, 2.45) is 11.7 Å². The summed E-state index contributed by atoms with van der Waals surface area (Å²) in [6, 6.07) is 14.9. The van der Waals surface area contributed by atoms with Gasteiger partial charge >= 0.3 is 5.97 Å². The second kappa shape index (κ2) is 12.5. The third-order valence-corrected chi connectivity index (χ3v) is 7.90. The Hall–Kier alpha value is -3.89. The number of nitrogens with zero attached hydrogens (tertiary/aromatic N) is 4. The molecule has 1 fully saturated rings. The molecule has 2 aliphatic rings. The summed E-state index contributed by atoms with van der Waals surface area (Å²) in [5.41, 5.74) is 8.52. The topological polar surface area (TPSA) is 123 Å². The van der Waals surface area contributed by atoms with Crippen molar-refractivity contribution in [1.29, 1.82) is 0 Å². The SMILES string of the molecule is CCCCN(C(=O)CN1C[C@H](c2ccc3c(c2)OCO3)C(C(=O)O)[C@@H]1CCn1cccn1)c1cccc(CN)c1. The van der Waals surface area contributed by atoms with Crippen LogP contribution in [0.4, 0.5) is 5.69 Å². The molecule has 3 N–H and O–H groups in total. The highest BCUT2D eigenvalue weighted by Crippen LogP contribution is 2.43. The zero-order valence-electron chi connectivity index (χ0n) is 22.8. The molecule has 0 bridgehead atoms. The number of carbonyl (C=O) groups excluding carboxylic acids is 1. The molecule has 3 heterocycles. The van der Waals surface area contributed by atoms with Gasteiger partial charge in [0.15, 0.2) is 11.5 Å². The Labute approximate surface area is 234 Å². The Morgan fingerprint density at radius 2 is 2.00 bits per heavy atom. The molecular formula is C30H37N5O5. The Morgan fingerprint density at radius 1 is 1.15 bits per heavy atom. The van der Waals surface area contributed by atoms with Crippen LogP contribution < -0.4 is 20.1 Å². The van der Waals surface area contributed by atoms with Gasteiger partial charge in [-0.1, -0.05) is 31.5 Å². The van der Waals surface area contributed by atoms with Crippen LogP contribution in [0.2, 0.25) is 0 Å². The van der Waals surface area contributed by atoms with Gasteiger partial charge in [0.1, 0.15) is 0 Å². The number of fused-ring (bicyclic) bond motifs is 1. The molecule has 5 rings (SSSR count). The minimum absolute atomic E-state index is 0.0535. The van der Waals surface area contributed by atoms with E-state index in [0.717, 1.165) is 29.7 Å². The molecule has 212 valence electrons. The molecule has 0 saturated carbocycles. The molecular weight excluding hydrogens is 510 g/mol. The average molecular weight is 548 g/mol. The number of carboxylic acids is 1. The first-order chi connectivity index (χ1) is 19.5. The van der Waals surface area contributed by atoms with Gasteiger partial charge in [0.25, 0.3) is 0 Å². The number of likely N-dealkylation sites (tertiary alicyclic amines) is 1. The number of unbranched alkanes of at least 4 members (excludes halogenated alkanes) is 1. The maximum atomic E-state index is 13.9. The van der Waals surface area contributed by atoms with Crippen LogP contribution in [-0.4, -0.2) is 64.1 Å². The highest BCUT2D eigenvalue weighted by Gasteiger charge is 2.47. The molecule has 3 atom stereocenters. The van der Waals surface area contributed by atoms with Gasteiger partial charge in [-0.2, -0.15) is 5.10 Å². The minimum Gasteiger partial charge on any atom is -0.481 e. The van der Waals surface area contributed by atoms with E-state index < -0.39 is 11.9 Å². The fourth-order valence-corrected chi connectivity index (χ4v) is 5.86. The van der Waals surface area contributed by atoms with Gasteiger partial charge in [-0.15, -0.1) is 0 Å². The predicted molar refractivity (Wildman–Crippen MR) is 150 cm³/mol. The Bertz CT molecular complexity index is 1310. The monoisotopic (exact) mass is 547 g/mol. The lowest BCUT2D eigenvalue weighted by molar-refractivity contribution is -0.143. The molecule has 1 amide bonds. The van der Waals surface area contributed by atoms with E-state index in [1.54, 1.807) is 10.9 Å². The van der Waals surface area contributed by atoms with Gasteiger partial charge in [0.05, 0.1) is 12.5 Å². The van der Waals surface area contributed by atoms with Crippen molar-refractivity contribution in [2.75, 3.05) is 31.3 Å². The van der Waals surface area contributed by atoms with Crippen LogP contribution in [0.1, 0.15) is 43.2 Å². The molecule has 1 saturated heterocycles. The van der Waals surface area contributed by atoms with Gasteiger partial charge < -0.3 is 25.2 Å². The van der Waals surface area contributed by atoms with Crippen LogP contribution in [0, 0.1) is 5.92 Å². The van der Waals surface area contributed by atoms with E-state index in [9.17, 15) is 14.7 Å². The number of rotatable bonds is 12. The summed E-state index contributed by atoms with van der Waals surface area (Å²) in [4.78, 5) is 30.5. The maximum absolute atomic E-state index is 13.9. The lowest BCUT2D eigenvalue weighted by Gasteiger charge is -2.30. The van der Waals surface area contributed by atoms with E-state index in [0.29, 0.717) is 44.1 Å². The second-order valence-corrected chi connectivity index (χ2v) is 10.4. The maximum Gasteiger partial charge on any atom is 0.308 e. The number of nitrogens with two attached hydrogens (primary N) is 1. The third-order valence-electron chi connectivity index (χ3n) is 7.90. The summed E-state index contributed by atoms with van der Waals surface area (Å²) in [5, 5.41) is 14.8. The third kappa shape index (κ3) is 5.97. The van der Waals surface area contributed by atoms with E-state index in [4.69, 9.17) is 15.2 Å². The molecule has 1 unspecified atom stereocenters. The lowest BCUT2D eigenvalue weighted by Crippen LogP contribution is -2.45. The van der Waals surface area contributed by atoms with Crippen LogP contribution in [0.5, 0.6) is 11.5 Å². The fraction of sp³-hybridized carbons (Fsp3) is 0.433. The minimum atomic E-state index is -0.874. The first kappa shape index (κ1) is 27.7. The van der Waals surface area contributed by atoms with E-state index >= 15 is 0 Å². The number of carboxylic acid groups (broad SMARTS) is 1. The van der Waals surface area contributed by atoms with Crippen LogP contribution in [0.3, 0.4) is 0 Å². The number of aromatic nitrogens is 2. The van der Waals surface area contributed by atoms with E-state index in [1.165, 1.54) is 0 Å². The van der Waals surface area contributed by atoms with Gasteiger partial charge in [-0.25, -0.2) is 0 Å². The Morgan fingerprint density at radius 3 is 2.75 bits per heavy atom. The predicted octanol–water partition coefficient (Wildman–Crippen LogP) is 3.46. The van der Waals surface area contributed by atoms with Crippen molar-refractivity contribution in [3.8, 4) is 11.5 Å². The number of anilines is 1. The molecule has 0 aliphatic carbocycles. The largest absolute Gasteiger partial charge is 0.481 e. The van der Waals surface area contributed by atoms with Crippen LogP contribution >= 0.6 is 0 Å². The number of hydrogen-bond acceptors (Lipinski definition) is 7. The number of hydrogen-bond donors (Lipinski definition) is 2. The number of amides is 1. The van der Waals surface area contributed by atoms with E-state index in [2.05, 4.69) is 12.0 Å². The highest BCUT2D eigenvalue weighted by molar-refractivity contribution is 5.95. The Kier molecular flexibility index (Phi) is 8.66. The molecule has 0 radical (unpaired) electrons. The van der Waals surface area contributed by atoms with Crippen molar-refractivity contribution < 1.29 is 24.2 Å².